The zero-order valence-corrected chi connectivity index (χ0v) is 9.68. The van der Waals surface area contributed by atoms with E-state index in [1.165, 1.54) is 5.01 Å². The summed E-state index contributed by atoms with van der Waals surface area (Å²) in [5.41, 5.74) is 2.91. The summed E-state index contributed by atoms with van der Waals surface area (Å²) in [6, 6.07) is 0.358. The molecule has 80 valence electrons. The molecule has 0 fully saturated rings. The van der Waals surface area contributed by atoms with Crippen LogP contribution in [-0.2, 0) is 6.42 Å². The molecule has 0 bridgehead atoms. The van der Waals surface area contributed by atoms with Gasteiger partial charge >= 0.3 is 0 Å². The number of hydrogen-bond donors (Lipinski definition) is 2. The van der Waals surface area contributed by atoms with E-state index in [0.717, 1.165) is 19.3 Å². The minimum Gasteiger partial charge on any atom is -0.271 e. The van der Waals surface area contributed by atoms with Crippen LogP contribution >= 0.6 is 11.3 Å². The van der Waals surface area contributed by atoms with Crippen LogP contribution in [0.2, 0.25) is 0 Å². The van der Waals surface area contributed by atoms with Gasteiger partial charge in [0.2, 0.25) is 0 Å². The Labute approximate surface area is 89.7 Å². The Bertz CT molecular complexity index is 232. The van der Waals surface area contributed by atoms with Crippen LogP contribution in [-0.4, -0.2) is 11.0 Å². The molecule has 0 aliphatic heterocycles. The van der Waals surface area contributed by atoms with E-state index < -0.39 is 0 Å². The smallest absolute Gasteiger partial charge is 0.0940 e. The fourth-order valence-electron chi connectivity index (χ4n) is 1.76. The molecule has 1 heterocycles. The van der Waals surface area contributed by atoms with Crippen molar-refractivity contribution >= 4 is 11.3 Å². The lowest BCUT2D eigenvalue weighted by atomic mass is 9.92. The van der Waals surface area contributed by atoms with Gasteiger partial charge in [-0.2, -0.15) is 0 Å². The molecule has 4 heteroatoms. The van der Waals surface area contributed by atoms with E-state index >= 15 is 0 Å². The van der Waals surface area contributed by atoms with Gasteiger partial charge in [0.15, 0.2) is 0 Å². The molecule has 1 atom stereocenters. The lowest BCUT2D eigenvalue weighted by Crippen LogP contribution is -2.42. The summed E-state index contributed by atoms with van der Waals surface area (Å²) in [6.07, 6.45) is 5.12. The van der Waals surface area contributed by atoms with Crippen molar-refractivity contribution in [1.29, 1.82) is 0 Å². The zero-order chi connectivity index (χ0) is 10.4. The highest BCUT2D eigenvalue weighted by Gasteiger charge is 2.18. The lowest BCUT2D eigenvalue weighted by Gasteiger charge is -2.23. The standard InChI is InChI=1S/C10H19N3S/c1-3-8(4-2)9(13-11)7-10-12-5-6-14-10/h5-6,8-9,13H,3-4,7,11H2,1-2H3. The van der Waals surface area contributed by atoms with Gasteiger partial charge in [-0.1, -0.05) is 26.7 Å². The minimum atomic E-state index is 0.358. The van der Waals surface area contributed by atoms with Gasteiger partial charge in [0.25, 0.3) is 0 Å². The molecule has 3 nitrogen and oxygen atoms in total. The van der Waals surface area contributed by atoms with Crippen LogP contribution in [0.5, 0.6) is 0 Å². The Morgan fingerprint density at radius 1 is 1.50 bits per heavy atom. The number of aromatic nitrogens is 1. The maximum absolute atomic E-state index is 5.57. The van der Waals surface area contributed by atoms with Crippen molar-refractivity contribution in [2.24, 2.45) is 11.8 Å². The first-order valence-electron chi connectivity index (χ1n) is 5.16. The van der Waals surface area contributed by atoms with Gasteiger partial charge in [0, 0.05) is 24.0 Å². The summed E-state index contributed by atoms with van der Waals surface area (Å²) in [4.78, 5) is 4.28. The highest BCUT2D eigenvalue weighted by atomic mass is 32.1. The second-order valence-electron chi connectivity index (χ2n) is 3.48. The summed E-state index contributed by atoms with van der Waals surface area (Å²) < 4.78 is 0. The average molecular weight is 213 g/mol. The van der Waals surface area contributed by atoms with E-state index in [9.17, 15) is 0 Å². The van der Waals surface area contributed by atoms with E-state index in [2.05, 4.69) is 24.3 Å². The fourth-order valence-corrected chi connectivity index (χ4v) is 2.44. The Kier molecular flexibility index (Phi) is 5.07. The molecule has 0 spiro atoms. The van der Waals surface area contributed by atoms with Crippen LogP contribution in [0.25, 0.3) is 0 Å². The van der Waals surface area contributed by atoms with Crippen LogP contribution in [0.15, 0.2) is 11.6 Å². The van der Waals surface area contributed by atoms with Gasteiger partial charge in [-0.25, -0.2) is 4.98 Å². The average Bonchev–Trinajstić information content (AvgIpc) is 2.70. The Hall–Kier alpha value is -0.450. The minimum absolute atomic E-state index is 0.358. The summed E-state index contributed by atoms with van der Waals surface area (Å²) in [7, 11) is 0. The first-order chi connectivity index (χ1) is 6.81. The van der Waals surface area contributed by atoms with Gasteiger partial charge in [0.05, 0.1) is 5.01 Å². The SMILES string of the molecule is CCC(CC)C(Cc1nccs1)NN. The van der Waals surface area contributed by atoms with Gasteiger partial charge in [-0.3, -0.25) is 11.3 Å². The first kappa shape index (κ1) is 11.6. The van der Waals surface area contributed by atoms with Crippen LogP contribution in [0.4, 0.5) is 0 Å². The van der Waals surface area contributed by atoms with Crippen LogP contribution in [0, 0.1) is 5.92 Å². The molecule has 3 N–H and O–H groups in total. The Morgan fingerprint density at radius 2 is 2.21 bits per heavy atom. The van der Waals surface area contributed by atoms with Crippen molar-refractivity contribution in [2.45, 2.75) is 39.2 Å². The van der Waals surface area contributed by atoms with Crippen molar-refractivity contribution in [1.82, 2.24) is 10.4 Å². The third-order valence-electron chi connectivity index (χ3n) is 2.71. The second kappa shape index (κ2) is 6.11. The Morgan fingerprint density at radius 3 is 2.64 bits per heavy atom. The second-order valence-corrected chi connectivity index (χ2v) is 4.46. The summed E-state index contributed by atoms with van der Waals surface area (Å²) in [6.45, 7) is 4.42. The third kappa shape index (κ3) is 3.04. The predicted molar refractivity (Wildman–Crippen MR) is 61.0 cm³/mol. The quantitative estimate of drug-likeness (QED) is 0.561. The van der Waals surface area contributed by atoms with E-state index in [4.69, 9.17) is 5.84 Å². The number of nitrogens with zero attached hydrogens (tertiary/aromatic N) is 1. The summed E-state index contributed by atoms with van der Waals surface area (Å²) in [5.74, 6) is 6.21. The number of hydrogen-bond acceptors (Lipinski definition) is 4. The first-order valence-corrected chi connectivity index (χ1v) is 6.04. The molecule has 0 saturated carbocycles. The van der Waals surface area contributed by atoms with Gasteiger partial charge < -0.3 is 0 Å². The monoisotopic (exact) mass is 213 g/mol. The topological polar surface area (TPSA) is 50.9 Å². The number of nitrogens with one attached hydrogen (secondary N) is 1. The highest BCUT2D eigenvalue weighted by molar-refractivity contribution is 7.09. The number of hydrazine groups is 1. The molecule has 0 aliphatic carbocycles. The maximum atomic E-state index is 5.57. The van der Waals surface area contributed by atoms with Crippen molar-refractivity contribution in [2.75, 3.05) is 0 Å². The van der Waals surface area contributed by atoms with Crippen LogP contribution in [0.3, 0.4) is 0 Å². The summed E-state index contributed by atoms with van der Waals surface area (Å²) in [5, 5.41) is 3.18. The largest absolute Gasteiger partial charge is 0.271 e. The molecule has 0 aliphatic rings. The molecule has 0 saturated heterocycles. The van der Waals surface area contributed by atoms with Crippen LogP contribution in [0.1, 0.15) is 31.7 Å². The van der Waals surface area contributed by atoms with E-state index in [1.807, 2.05) is 11.6 Å². The fraction of sp³-hybridized carbons (Fsp3) is 0.700. The number of rotatable bonds is 6. The van der Waals surface area contributed by atoms with Gasteiger partial charge in [0.1, 0.15) is 0 Å². The lowest BCUT2D eigenvalue weighted by molar-refractivity contribution is 0.335. The molecular formula is C10H19N3S. The van der Waals surface area contributed by atoms with E-state index in [0.29, 0.717) is 12.0 Å². The molecule has 0 radical (unpaired) electrons. The van der Waals surface area contributed by atoms with Gasteiger partial charge in [-0.15, -0.1) is 11.3 Å². The molecule has 0 aromatic carbocycles. The molecule has 14 heavy (non-hydrogen) atoms. The number of thiazole rings is 1. The van der Waals surface area contributed by atoms with Crippen molar-refractivity contribution in [3.05, 3.63) is 16.6 Å². The van der Waals surface area contributed by atoms with Crippen molar-refractivity contribution in [3.63, 3.8) is 0 Å². The predicted octanol–water partition coefficient (Wildman–Crippen LogP) is 1.95. The van der Waals surface area contributed by atoms with Crippen LogP contribution < -0.4 is 11.3 Å². The summed E-state index contributed by atoms with van der Waals surface area (Å²) >= 11 is 1.70. The molecule has 1 rings (SSSR count). The van der Waals surface area contributed by atoms with Gasteiger partial charge in [-0.05, 0) is 5.92 Å². The molecule has 1 aromatic heterocycles. The maximum Gasteiger partial charge on any atom is 0.0940 e. The number of nitrogens with two attached hydrogens (primary N) is 1. The normalized spacial score (nSPS) is 13.4. The molecule has 0 amide bonds. The highest BCUT2D eigenvalue weighted by Crippen LogP contribution is 2.17. The zero-order valence-electron chi connectivity index (χ0n) is 8.86. The third-order valence-corrected chi connectivity index (χ3v) is 3.51. The van der Waals surface area contributed by atoms with Crippen molar-refractivity contribution in [3.8, 4) is 0 Å². The van der Waals surface area contributed by atoms with E-state index in [-0.39, 0.29) is 0 Å². The molecular weight excluding hydrogens is 194 g/mol. The Balaban J connectivity index is 2.53. The molecule has 1 aromatic rings. The van der Waals surface area contributed by atoms with E-state index in [1.54, 1.807) is 11.3 Å². The van der Waals surface area contributed by atoms with Crippen molar-refractivity contribution < 1.29 is 0 Å². The molecule has 1 unspecified atom stereocenters.